The summed E-state index contributed by atoms with van der Waals surface area (Å²) in [6.07, 6.45) is -0.152. The molecule has 0 heterocycles. The van der Waals surface area contributed by atoms with Crippen molar-refractivity contribution in [3.8, 4) is 0 Å². The van der Waals surface area contributed by atoms with Crippen LogP contribution in [0.3, 0.4) is 0 Å². The molecule has 2 aromatic carbocycles. The van der Waals surface area contributed by atoms with Crippen LogP contribution < -0.4 is 0 Å². The maximum absolute atomic E-state index is 13.5. The van der Waals surface area contributed by atoms with Crippen LogP contribution in [0.1, 0.15) is 21.5 Å². The van der Waals surface area contributed by atoms with Gasteiger partial charge in [-0.3, -0.25) is 4.79 Å². The molecule has 0 spiro atoms. The van der Waals surface area contributed by atoms with Crippen molar-refractivity contribution in [2.75, 3.05) is 0 Å². The first-order valence-electron chi connectivity index (χ1n) is 5.72. The van der Waals surface area contributed by atoms with Crippen LogP contribution in [0, 0.1) is 18.6 Å². The second kappa shape index (κ2) is 5.61. The van der Waals surface area contributed by atoms with Crippen LogP contribution in [0.2, 0.25) is 0 Å². The van der Waals surface area contributed by atoms with Crippen molar-refractivity contribution in [1.29, 1.82) is 0 Å². The molecule has 0 N–H and O–H groups in total. The lowest BCUT2D eigenvalue weighted by Gasteiger charge is -2.07. The topological polar surface area (TPSA) is 17.1 Å². The Bertz CT molecular complexity index is 638. The number of ketones is 1. The molecule has 0 saturated carbocycles. The van der Waals surface area contributed by atoms with E-state index in [0.29, 0.717) is 5.56 Å². The molecule has 0 radical (unpaired) electrons. The Morgan fingerprint density at radius 3 is 2.58 bits per heavy atom. The van der Waals surface area contributed by atoms with Gasteiger partial charge in [0.05, 0.1) is 0 Å². The van der Waals surface area contributed by atoms with Crippen LogP contribution in [-0.4, -0.2) is 5.78 Å². The molecule has 0 aromatic heterocycles. The lowest BCUT2D eigenvalue weighted by molar-refractivity contribution is 0.0991. The Kier molecular flexibility index (Phi) is 4.10. The summed E-state index contributed by atoms with van der Waals surface area (Å²) in [4.78, 5) is 12.1. The number of carbonyl (C=O) groups is 1. The van der Waals surface area contributed by atoms with Gasteiger partial charge < -0.3 is 0 Å². The van der Waals surface area contributed by atoms with E-state index in [1.165, 1.54) is 12.1 Å². The smallest absolute Gasteiger partial charge is 0.167 e. The van der Waals surface area contributed by atoms with E-state index in [-0.39, 0.29) is 17.8 Å². The number of hydrogen-bond donors (Lipinski definition) is 0. The number of Topliss-reactive ketones (excluding diaryl/α,β-unsaturated/α-hetero) is 1. The monoisotopic (exact) mass is 324 g/mol. The molecule has 0 saturated heterocycles. The fraction of sp³-hybridized carbons (Fsp3) is 0.133. The van der Waals surface area contributed by atoms with Crippen molar-refractivity contribution in [2.24, 2.45) is 0 Å². The van der Waals surface area contributed by atoms with E-state index in [4.69, 9.17) is 0 Å². The van der Waals surface area contributed by atoms with E-state index in [1.807, 2.05) is 6.07 Å². The van der Waals surface area contributed by atoms with Crippen LogP contribution in [0.5, 0.6) is 0 Å². The van der Waals surface area contributed by atoms with Crippen molar-refractivity contribution in [3.63, 3.8) is 0 Å². The molecule has 0 aliphatic rings. The molecule has 0 atom stereocenters. The highest BCUT2D eigenvalue weighted by molar-refractivity contribution is 9.10. The van der Waals surface area contributed by atoms with Gasteiger partial charge in [-0.2, -0.15) is 0 Å². The number of rotatable bonds is 3. The Hall–Kier alpha value is -1.55. The summed E-state index contributed by atoms with van der Waals surface area (Å²) >= 11 is 3.34. The third-order valence-electron chi connectivity index (χ3n) is 2.95. The second-order valence-electron chi connectivity index (χ2n) is 4.23. The summed E-state index contributed by atoms with van der Waals surface area (Å²) in [5.74, 6) is -2.12. The Morgan fingerprint density at radius 1 is 1.16 bits per heavy atom. The van der Waals surface area contributed by atoms with Crippen molar-refractivity contribution in [2.45, 2.75) is 13.3 Å². The Labute approximate surface area is 118 Å². The van der Waals surface area contributed by atoms with Crippen molar-refractivity contribution in [3.05, 3.63) is 69.2 Å². The summed E-state index contributed by atoms with van der Waals surface area (Å²) in [6, 6.07) is 9.10. The molecule has 0 aliphatic carbocycles. The summed E-state index contributed by atoms with van der Waals surface area (Å²) in [6.45, 7) is 1.80. The third-order valence-corrected chi connectivity index (χ3v) is 3.81. The maximum Gasteiger partial charge on any atom is 0.167 e. The standard InChI is InChI=1S/C15H11BrF2O/c1-9-11(5-3-6-12(9)16)14(19)8-10-4-2-7-13(17)15(10)18/h2-7H,8H2,1H3. The van der Waals surface area contributed by atoms with Crippen LogP contribution in [0.15, 0.2) is 40.9 Å². The molecule has 1 nitrogen and oxygen atoms in total. The fourth-order valence-corrected chi connectivity index (χ4v) is 2.23. The van der Waals surface area contributed by atoms with Gasteiger partial charge in [-0.05, 0) is 30.2 Å². The predicted molar refractivity (Wildman–Crippen MR) is 73.3 cm³/mol. The highest BCUT2D eigenvalue weighted by atomic mass is 79.9. The SMILES string of the molecule is Cc1c(Br)cccc1C(=O)Cc1cccc(F)c1F. The number of carbonyl (C=O) groups excluding carboxylic acids is 1. The zero-order chi connectivity index (χ0) is 14.0. The van der Waals surface area contributed by atoms with Gasteiger partial charge in [0.15, 0.2) is 17.4 Å². The minimum absolute atomic E-state index is 0.0735. The number of benzene rings is 2. The van der Waals surface area contributed by atoms with Crippen LogP contribution >= 0.6 is 15.9 Å². The van der Waals surface area contributed by atoms with Crippen LogP contribution in [0.25, 0.3) is 0 Å². The van der Waals surface area contributed by atoms with Gasteiger partial charge in [0.2, 0.25) is 0 Å². The molecule has 19 heavy (non-hydrogen) atoms. The molecule has 0 aliphatic heterocycles. The molecule has 0 bridgehead atoms. The zero-order valence-corrected chi connectivity index (χ0v) is 11.8. The van der Waals surface area contributed by atoms with E-state index < -0.39 is 11.6 Å². The minimum atomic E-state index is -0.955. The van der Waals surface area contributed by atoms with Crippen LogP contribution in [-0.2, 0) is 6.42 Å². The zero-order valence-electron chi connectivity index (χ0n) is 10.2. The molecule has 2 rings (SSSR count). The van der Waals surface area contributed by atoms with Crippen LogP contribution in [0.4, 0.5) is 8.78 Å². The van der Waals surface area contributed by atoms with E-state index in [2.05, 4.69) is 15.9 Å². The fourth-order valence-electron chi connectivity index (χ4n) is 1.86. The van der Waals surface area contributed by atoms with Gasteiger partial charge in [-0.1, -0.05) is 40.2 Å². The molecular formula is C15H11BrF2O. The minimum Gasteiger partial charge on any atom is -0.294 e. The summed E-state index contributed by atoms with van der Waals surface area (Å²) in [7, 11) is 0. The average molecular weight is 325 g/mol. The van der Waals surface area contributed by atoms with E-state index in [1.54, 1.807) is 19.1 Å². The number of halogens is 3. The summed E-state index contributed by atoms with van der Waals surface area (Å²) in [5, 5.41) is 0. The molecule has 2 aromatic rings. The lowest BCUT2D eigenvalue weighted by atomic mass is 9.99. The number of hydrogen-bond acceptors (Lipinski definition) is 1. The second-order valence-corrected chi connectivity index (χ2v) is 5.08. The highest BCUT2D eigenvalue weighted by Gasteiger charge is 2.15. The van der Waals surface area contributed by atoms with Gasteiger partial charge in [-0.15, -0.1) is 0 Å². The van der Waals surface area contributed by atoms with Crippen molar-refractivity contribution < 1.29 is 13.6 Å². The lowest BCUT2D eigenvalue weighted by Crippen LogP contribution is -2.08. The van der Waals surface area contributed by atoms with Gasteiger partial charge in [0, 0.05) is 16.5 Å². The first-order valence-corrected chi connectivity index (χ1v) is 6.51. The summed E-state index contributed by atoms with van der Waals surface area (Å²) < 4.78 is 27.4. The molecular weight excluding hydrogens is 314 g/mol. The van der Waals surface area contributed by atoms with E-state index >= 15 is 0 Å². The van der Waals surface area contributed by atoms with Crippen molar-refractivity contribution >= 4 is 21.7 Å². The average Bonchev–Trinajstić information content (AvgIpc) is 2.38. The molecule has 98 valence electrons. The molecule has 0 fully saturated rings. The van der Waals surface area contributed by atoms with E-state index in [0.717, 1.165) is 16.1 Å². The van der Waals surface area contributed by atoms with Gasteiger partial charge >= 0.3 is 0 Å². The molecule has 0 amide bonds. The van der Waals surface area contributed by atoms with Gasteiger partial charge in [0.25, 0.3) is 0 Å². The first kappa shape index (κ1) is 13.9. The van der Waals surface area contributed by atoms with Crippen molar-refractivity contribution in [1.82, 2.24) is 0 Å². The normalized spacial score (nSPS) is 10.5. The largest absolute Gasteiger partial charge is 0.294 e. The Morgan fingerprint density at radius 2 is 1.84 bits per heavy atom. The maximum atomic E-state index is 13.5. The molecule has 4 heteroatoms. The van der Waals surface area contributed by atoms with E-state index in [9.17, 15) is 13.6 Å². The Balaban J connectivity index is 2.31. The summed E-state index contributed by atoms with van der Waals surface area (Å²) in [5.41, 5.74) is 1.38. The first-order chi connectivity index (χ1) is 9.00. The quantitative estimate of drug-likeness (QED) is 0.762. The van der Waals surface area contributed by atoms with Gasteiger partial charge in [-0.25, -0.2) is 8.78 Å². The van der Waals surface area contributed by atoms with Gasteiger partial charge in [0.1, 0.15) is 0 Å². The molecule has 0 unspecified atom stereocenters. The highest BCUT2D eigenvalue weighted by Crippen LogP contribution is 2.21. The third kappa shape index (κ3) is 2.89. The predicted octanol–water partition coefficient (Wildman–Crippen LogP) is 4.46.